The SMILES string of the molecule is NS(=O)(=O)c1cn(CCC2CCCO2)c2ccccc12. The molecule has 1 saturated heterocycles. The van der Waals surface area contributed by atoms with Crippen LogP contribution in [0.25, 0.3) is 10.9 Å². The molecule has 1 unspecified atom stereocenters. The summed E-state index contributed by atoms with van der Waals surface area (Å²) in [5.41, 5.74) is 0.898. The van der Waals surface area contributed by atoms with Crippen LogP contribution in [-0.2, 0) is 21.3 Å². The Morgan fingerprint density at radius 3 is 2.85 bits per heavy atom. The maximum atomic E-state index is 11.7. The Hall–Kier alpha value is -1.37. The zero-order valence-corrected chi connectivity index (χ0v) is 12.0. The molecule has 1 aliphatic heterocycles. The van der Waals surface area contributed by atoms with E-state index in [0.29, 0.717) is 5.39 Å². The lowest BCUT2D eigenvalue weighted by Gasteiger charge is -2.10. The molecule has 0 saturated carbocycles. The molecule has 0 bridgehead atoms. The number of aromatic nitrogens is 1. The Labute approximate surface area is 118 Å². The molecule has 1 atom stereocenters. The first-order valence-corrected chi connectivity index (χ1v) is 8.32. The van der Waals surface area contributed by atoms with Crippen LogP contribution in [0.5, 0.6) is 0 Å². The first-order chi connectivity index (χ1) is 9.55. The summed E-state index contributed by atoms with van der Waals surface area (Å²) in [6.45, 7) is 1.57. The quantitative estimate of drug-likeness (QED) is 0.935. The van der Waals surface area contributed by atoms with Crippen molar-refractivity contribution in [2.75, 3.05) is 6.61 Å². The molecule has 1 aromatic heterocycles. The van der Waals surface area contributed by atoms with Crippen molar-refractivity contribution < 1.29 is 13.2 Å². The first kappa shape index (κ1) is 13.6. The van der Waals surface area contributed by atoms with Crippen molar-refractivity contribution in [1.29, 1.82) is 0 Å². The number of aryl methyl sites for hydroxylation is 1. The molecule has 2 N–H and O–H groups in total. The van der Waals surface area contributed by atoms with Gasteiger partial charge in [0, 0.05) is 30.3 Å². The highest BCUT2D eigenvalue weighted by atomic mass is 32.2. The molecule has 108 valence electrons. The van der Waals surface area contributed by atoms with E-state index in [9.17, 15) is 8.42 Å². The second-order valence-corrected chi connectivity index (χ2v) is 6.70. The molecule has 0 spiro atoms. The van der Waals surface area contributed by atoms with Gasteiger partial charge in [0.15, 0.2) is 0 Å². The van der Waals surface area contributed by atoms with Crippen LogP contribution >= 0.6 is 0 Å². The summed E-state index contributed by atoms with van der Waals surface area (Å²) in [7, 11) is -3.70. The van der Waals surface area contributed by atoms with Gasteiger partial charge in [0.2, 0.25) is 10.0 Å². The van der Waals surface area contributed by atoms with Gasteiger partial charge in [-0.05, 0) is 25.3 Å². The summed E-state index contributed by atoms with van der Waals surface area (Å²) in [6, 6.07) is 7.43. The number of ether oxygens (including phenoxy) is 1. The number of hydrogen-bond acceptors (Lipinski definition) is 3. The highest BCUT2D eigenvalue weighted by molar-refractivity contribution is 7.89. The monoisotopic (exact) mass is 294 g/mol. The van der Waals surface area contributed by atoms with Crippen molar-refractivity contribution >= 4 is 20.9 Å². The summed E-state index contributed by atoms with van der Waals surface area (Å²) in [6.07, 6.45) is 5.01. The Bertz CT molecular complexity index is 715. The minimum absolute atomic E-state index is 0.195. The molecule has 5 nitrogen and oxygen atoms in total. The maximum absolute atomic E-state index is 11.7. The Kier molecular flexibility index (Phi) is 3.54. The summed E-state index contributed by atoms with van der Waals surface area (Å²) < 4.78 is 30.9. The van der Waals surface area contributed by atoms with Gasteiger partial charge in [-0.25, -0.2) is 13.6 Å². The van der Waals surface area contributed by atoms with E-state index in [1.807, 2.05) is 22.8 Å². The standard InChI is InChI=1S/C14H18N2O3S/c15-20(17,18)14-10-16(8-7-11-4-3-9-19-11)13-6-2-1-5-12(13)14/h1-2,5-6,10-11H,3-4,7-9H2,(H2,15,17,18). The zero-order valence-electron chi connectivity index (χ0n) is 11.2. The number of primary sulfonamides is 1. The molecule has 0 aliphatic carbocycles. The first-order valence-electron chi connectivity index (χ1n) is 6.78. The van der Waals surface area contributed by atoms with Gasteiger partial charge in [0.1, 0.15) is 4.90 Å². The number of fused-ring (bicyclic) bond motifs is 1. The number of para-hydroxylation sites is 1. The lowest BCUT2D eigenvalue weighted by molar-refractivity contribution is 0.101. The van der Waals surface area contributed by atoms with Crippen LogP contribution in [0.4, 0.5) is 0 Å². The molecular weight excluding hydrogens is 276 g/mol. The van der Waals surface area contributed by atoms with Gasteiger partial charge < -0.3 is 9.30 Å². The van der Waals surface area contributed by atoms with Crippen LogP contribution in [-0.4, -0.2) is 25.7 Å². The van der Waals surface area contributed by atoms with Crippen LogP contribution in [0, 0.1) is 0 Å². The number of hydrogen-bond donors (Lipinski definition) is 1. The molecule has 1 aliphatic rings. The van der Waals surface area contributed by atoms with E-state index >= 15 is 0 Å². The van der Waals surface area contributed by atoms with Crippen molar-refractivity contribution in [2.45, 2.75) is 36.8 Å². The third-order valence-corrected chi connectivity index (χ3v) is 4.71. The zero-order chi connectivity index (χ0) is 14.2. The second kappa shape index (κ2) is 5.20. The fraction of sp³-hybridized carbons (Fsp3) is 0.429. The van der Waals surface area contributed by atoms with Crippen LogP contribution in [0.3, 0.4) is 0 Å². The van der Waals surface area contributed by atoms with E-state index in [2.05, 4.69) is 0 Å². The molecular formula is C14H18N2O3S. The minimum Gasteiger partial charge on any atom is -0.378 e. The predicted molar refractivity (Wildman–Crippen MR) is 76.9 cm³/mol. The fourth-order valence-electron chi connectivity index (χ4n) is 2.78. The van der Waals surface area contributed by atoms with E-state index in [4.69, 9.17) is 9.88 Å². The Morgan fingerprint density at radius 2 is 2.15 bits per heavy atom. The number of nitrogens with two attached hydrogens (primary N) is 1. The summed E-state index contributed by atoms with van der Waals surface area (Å²) in [5, 5.41) is 5.97. The molecule has 0 radical (unpaired) electrons. The summed E-state index contributed by atoms with van der Waals surface area (Å²) in [5.74, 6) is 0. The van der Waals surface area contributed by atoms with Gasteiger partial charge in [-0.2, -0.15) is 0 Å². The van der Waals surface area contributed by atoms with Gasteiger partial charge in [0.25, 0.3) is 0 Å². The highest BCUT2D eigenvalue weighted by Gasteiger charge is 2.19. The van der Waals surface area contributed by atoms with E-state index in [1.165, 1.54) is 0 Å². The number of sulfonamides is 1. The molecule has 20 heavy (non-hydrogen) atoms. The fourth-order valence-corrected chi connectivity index (χ4v) is 3.53. The average molecular weight is 294 g/mol. The van der Waals surface area contributed by atoms with Crippen molar-refractivity contribution in [3.8, 4) is 0 Å². The number of benzene rings is 1. The molecule has 2 aromatic rings. The number of rotatable bonds is 4. The van der Waals surface area contributed by atoms with Crippen molar-refractivity contribution in [3.63, 3.8) is 0 Å². The summed E-state index contributed by atoms with van der Waals surface area (Å²) >= 11 is 0. The third kappa shape index (κ3) is 2.59. The Morgan fingerprint density at radius 1 is 1.35 bits per heavy atom. The van der Waals surface area contributed by atoms with Crippen molar-refractivity contribution in [3.05, 3.63) is 30.5 Å². The van der Waals surface area contributed by atoms with Gasteiger partial charge in [-0.3, -0.25) is 0 Å². The van der Waals surface area contributed by atoms with E-state index in [-0.39, 0.29) is 11.0 Å². The predicted octanol–water partition coefficient (Wildman–Crippen LogP) is 1.86. The molecule has 1 aromatic carbocycles. The molecule has 6 heteroatoms. The highest BCUT2D eigenvalue weighted by Crippen LogP contribution is 2.25. The third-order valence-electron chi connectivity index (χ3n) is 3.77. The smallest absolute Gasteiger partial charge is 0.240 e. The van der Waals surface area contributed by atoms with Crippen LogP contribution in [0.15, 0.2) is 35.4 Å². The van der Waals surface area contributed by atoms with Crippen molar-refractivity contribution in [2.24, 2.45) is 5.14 Å². The lowest BCUT2D eigenvalue weighted by atomic mass is 10.2. The Balaban J connectivity index is 1.94. The van der Waals surface area contributed by atoms with Crippen LogP contribution in [0.1, 0.15) is 19.3 Å². The van der Waals surface area contributed by atoms with E-state index < -0.39 is 10.0 Å². The van der Waals surface area contributed by atoms with E-state index in [1.54, 1.807) is 12.3 Å². The number of nitrogens with zero attached hydrogens (tertiary/aromatic N) is 1. The van der Waals surface area contributed by atoms with Crippen molar-refractivity contribution in [1.82, 2.24) is 4.57 Å². The molecule has 1 fully saturated rings. The largest absolute Gasteiger partial charge is 0.378 e. The van der Waals surface area contributed by atoms with Gasteiger partial charge in [0.05, 0.1) is 6.10 Å². The van der Waals surface area contributed by atoms with Gasteiger partial charge >= 0.3 is 0 Å². The lowest BCUT2D eigenvalue weighted by Crippen LogP contribution is -2.12. The normalized spacial score (nSPS) is 19.8. The maximum Gasteiger partial charge on any atom is 0.240 e. The minimum atomic E-state index is -3.70. The topological polar surface area (TPSA) is 74.3 Å². The summed E-state index contributed by atoms with van der Waals surface area (Å²) in [4.78, 5) is 0.195. The molecule has 3 rings (SSSR count). The van der Waals surface area contributed by atoms with Gasteiger partial charge in [-0.15, -0.1) is 0 Å². The van der Waals surface area contributed by atoms with Crippen LogP contribution in [0.2, 0.25) is 0 Å². The second-order valence-electron chi connectivity index (χ2n) is 5.17. The molecule has 0 amide bonds. The average Bonchev–Trinajstić information content (AvgIpc) is 3.03. The van der Waals surface area contributed by atoms with E-state index in [0.717, 1.165) is 37.9 Å². The van der Waals surface area contributed by atoms with Crippen LogP contribution < -0.4 is 5.14 Å². The molecule has 2 heterocycles. The van der Waals surface area contributed by atoms with Gasteiger partial charge in [-0.1, -0.05) is 18.2 Å².